The minimum Gasteiger partial charge on any atom is -0.385 e. The molecule has 2 nitrogen and oxygen atoms in total. The lowest BCUT2D eigenvalue weighted by Gasteiger charge is -2.06. The number of aromatic nitrogens is 1. The number of hydrogen-bond donors (Lipinski definition) is 2. The third kappa shape index (κ3) is 3.62. The van der Waals surface area contributed by atoms with Gasteiger partial charge < -0.3 is 5.32 Å². The summed E-state index contributed by atoms with van der Waals surface area (Å²) >= 11 is 4.29. The Morgan fingerprint density at radius 1 is 1.50 bits per heavy atom. The maximum absolute atomic E-state index is 4.29. The molecule has 0 saturated carbocycles. The molecule has 0 aliphatic heterocycles. The Labute approximate surface area is 78.8 Å². The van der Waals surface area contributed by atoms with Crippen molar-refractivity contribution in [2.45, 2.75) is 18.6 Å². The van der Waals surface area contributed by atoms with Crippen LogP contribution in [0.3, 0.4) is 0 Å². The first-order valence-electron chi connectivity index (χ1n) is 4.11. The molecule has 1 rings (SSSR count). The molecule has 0 aliphatic rings. The van der Waals surface area contributed by atoms with Crippen LogP contribution in [0.1, 0.15) is 13.3 Å². The van der Waals surface area contributed by atoms with Crippen molar-refractivity contribution in [2.75, 3.05) is 11.9 Å². The topological polar surface area (TPSA) is 24.9 Å². The van der Waals surface area contributed by atoms with Gasteiger partial charge in [0.2, 0.25) is 0 Å². The molecular formula is C9H14N2S. The van der Waals surface area contributed by atoms with Gasteiger partial charge in [0.05, 0.1) is 0 Å². The second-order valence-corrected chi connectivity index (χ2v) is 3.68. The lowest BCUT2D eigenvalue weighted by atomic mass is 10.3. The third-order valence-electron chi connectivity index (χ3n) is 1.57. The van der Waals surface area contributed by atoms with Gasteiger partial charge in [-0.15, -0.1) is 0 Å². The second-order valence-electron chi connectivity index (χ2n) is 2.80. The lowest BCUT2D eigenvalue weighted by Crippen LogP contribution is -2.05. The van der Waals surface area contributed by atoms with Gasteiger partial charge >= 0.3 is 0 Å². The van der Waals surface area contributed by atoms with Crippen LogP contribution < -0.4 is 5.32 Å². The highest BCUT2D eigenvalue weighted by Gasteiger charge is 1.93. The first-order valence-corrected chi connectivity index (χ1v) is 4.62. The van der Waals surface area contributed by atoms with Gasteiger partial charge in [-0.05, 0) is 18.6 Å². The summed E-state index contributed by atoms with van der Waals surface area (Å²) in [4.78, 5) is 3.93. The number of hydrogen-bond acceptors (Lipinski definition) is 3. The summed E-state index contributed by atoms with van der Waals surface area (Å²) in [5.74, 6) is 0. The van der Waals surface area contributed by atoms with Crippen LogP contribution in [0, 0.1) is 0 Å². The van der Waals surface area contributed by atoms with Crippen LogP contribution in [0.15, 0.2) is 24.5 Å². The molecule has 0 amide bonds. The molecule has 3 heteroatoms. The summed E-state index contributed by atoms with van der Waals surface area (Å²) in [5.41, 5.74) is 1.12. The third-order valence-corrected chi connectivity index (χ3v) is 1.83. The maximum Gasteiger partial charge on any atom is 0.0371 e. The number of nitrogens with one attached hydrogen (secondary N) is 1. The molecule has 66 valence electrons. The molecule has 0 saturated heterocycles. The number of pyridine rings is 1. The molecule has 0 spiro atoms. The van der Waals surface area contributed by atoms with Crippen LogP contribution in [0.2, 0.25) is 0 Å². The van der Waals surface area contributed by atoms with Crippen molar-refractivity contribution >= 4 is 18.3 Å². The SMILES string of the molecule is CC(S)CCNc1ccncc1. The standard InChI is InChI=1S/C9H14N2S/c1-8(12)2-7-11-9-3-5-10-6-4-9/h3-6,8,12H,2,7H2,1H3,(H,10,11). The average Bonchev–Trinajstić information content (AvgIpc) is 2.05. The maximum atomic E-state index is 4.29. The molecule has 0 bridgehead atoms. The van der Waals surface area contributed by atoms with E-state index in [9.17, 15) is 0 Å². The number of rotatable bonds is 4. The van der Waals surface area contributed by atoms with Crippen LogP contribution in [-0.4, -0.2) is 16.8 Å². The minimum absolute atomic E-state index is 0.458. The summed E-state index contributed by atoms with van der Waals surface area (Å²) in [5, 5.41) is 3.74. The molecule has 0 fully saturated rings. The van der Waals surface area contributed by atoms with Crippen LogP contribution in [0.5, 0.6) is 0 Å². The van der Waals surface area contributed by atoms with Gasteiger partial charge in [0.1, 0.15) is 0 Å². The molecule has 1 aromatic rings. The quantitative estimate of drug-likeness (QED) is 0.698. The number of thiol groups is 1. The van der Waals surface area contributed by atoms with Gasteiger partial charge in [0, 0.05) is 29.9 Å². The van der Waals surface area contributed by atoms with Crippen molar-refractivity contribution < 1.29 is 0 Å². The number of anilines is 1. The van der Waals surface area contributed by atoms with E-state index in [0.717, 1.165) is 18.7 Å². The Hall–Kier alpha value is -0.700. The van der Waals surface area contributed by atoms with Crippen molar-refractivity contribution in [3.8, 4) is 0 Å². The van der Waals surface area contributed by atoms with Crippen molar-refractivity contribution in [3.05, 3.63) is 24.5 Å². The summed E-state index contributed by atoms with van der Waals surface area (Å²) in [6.45, 7) is 3.06. The zero-order valence-electron chi connectivity index (χ0n) is 7.20. The van der Waals surface area contributed by atoms with Gasteiger partial charge in [-0.25, -0.2) is 0 Å². The highest BCUT2D eigenvalue weighted by Crippen LogP contribution is 2.04. The fourth-order valence-corrected chi connectivity index (χ4v) is 1.02. The number of nitrogens with zero attached hydrogens (tertiary/aromatic N) is 1. The molecule has 0 aliphatic carbocycles. The van der Waals surface area contributed by atoms with E-state index in [4.69, 9.17) is 0 Å². The zero-order valence-corrected chi connectivity index (χ0v) is 8.09. The Morgan fingerprint density at radius 3 is 2.75 bits per heavy atom. The zero-order chi connectivity index (χ0) is 8.81. The minimum atomic E-state index is 0.458. The lowest BCUT2D eigenvalue weighted by molar-refractivity contribution is 0.857. The summed E-state index contributed by atoms with van der Waals surface area (Å²) < 4.78 is 0. The van der Waals surface area contributed by atoms with E-state index in [-0.39, 0.29) is 0 Å². The first-order chi connectivity index (χ1) is 5.79. The average molecular weight is 182 g/mol. The van der Waals surface area contributed by atoms with Crippen LogP contribution in [0.4, 0.5) is 5.69 Å². The van der Waals surface area contributed by atoms with E-state index in [1.165, 1.54) is 0 Å². The fraction of sp³-hybridized carbons (Fsp3) is 0.444. The normalized spacial score (nSPS) is 12.5. The van der Waals surface area contributed by atoms with E-state index < -0.39 is 0 Å². The Bertz CT molecular complexity index is 211. The van der Waals surface area contributed by atoms with E-state index >= 15 is 0 Å². The van der Waals surface area contributed by atoms with Gasteiger partial charge in [-0.1, -0.05) is 6.92 Å². The van der Waals surface area contributed by atoms with E-state index in [2.05, 4.69) is 29.9 Å². The molecule has 0 radical (unpaired) electrons. The molecular weight excluding hydrogens is 168 g/mol. The molecule has 1 atom stereocenters. The largest absolute Gasteiger partial charge is 0.385 e. The van der Waals surface area contributed by atoms with Crippen LogP contribution in [-0.2, 0) is 0 Å². The molecule has 0 aromatic carbocycles. The van der Waals surface area contributed by atoms with E-state index in [1.54, 1.807) is 12.4 Å². The van der Waals surface area contributed by atoms with Crippen molar-refractivity contribution in [1.82, 2.24) is 4.98 Å². The summed E-state index contributed by atoms with van der Waals surface area (Å²) in [7, 11) is 0. The van der Waals surface area contributed by atoms with Crippen LogP contribution >= 0.6 is 12.6 Å². The van der Waals surface area contributed by atoms with Crippen molar-refractivity contribution in [2.24, 2.45) is 0 Å². The summed E-state index contributed by atoms with van der Waals surface area (Å²) in [6, 6.07) is 3.92. The molecule has 1 N–H and O–H groups in total. The monoisotopic (exact) mass is 182 g/mol. The molecule has 1 unspecified atom stereocenters. The fourth-order valence-electron chi connectivity index (χ4n) is 0.895. The molecule has 1 heterocycles. The predicted molar refractivity (Wildman–Crippen MR) is 55.8 cm³/mol. The van der Waals surface area contributed by atoms with Crippen molar-refractivity contribution in [1.29, 1.82) is 0 Å². The second kappa shape index (κ2) is 5.04. The molecule has 12 heavy (non-hydrogen) atoms. The first kappa shape index (κ1) is 9.39. The predicted octanol–water partition coefficient (Wildman–Crippen LogP) is 2.20. The van der Waals surface area contributed by atoms with Crippen molar-refractivity contribution in [3.63, 3.8) is 0 Å². The summed E-state index contributed by atoms with van der Waals surface area (Å²) in [6.07, 6.45) is 4.64. The highest BCUT2D eigenvalue weighted by molar-refractivity contribution is 7.80. The smallest absolute Gasteiger partial charge is 0.0371 e. The Morgan fingerprint density at radius 2 is 2.17 bits per heavy atom. The van der Waals surface area contributed by atoms with E-state index in [1.807, 2.05) is 12.1 Å². The van der Waals surface area contributed by atoms with Gasteiger partial charge in [0.25, 0.3) is 0 Å². The van der Waals surface area contributed by atoms with Gasteiger partial charge in [-0.2, -0.15) is 12.6 Å². The van der Waals surface area contributed by atoms with Gasteiger partial charge in [-0.3, -0.25) is 4.98 Å². The van der Waals surface area contributed by atoms with Crippen LogP contribution in [0.25, 0.3) is 0 Å². The highest BCUT2D eigenvalue weighted by atomic mass is 32.1. The van der Waals surface area contributed by atoms with Gasteiger partial charge in [0.15, 0.2) is 0 Å². The Balaban J connectivity index is 2.25. The van der Waals surface area contributed by atoms with E-state index in [0.29, 0.717) is 5.25 Å². The Kier molecular flexibility index (Phi) is 3.94. The molecule has 1 aromatic heterocycles.